The zero-order valence-electron chi connectivity index (χ0n) is 21.7. The van der Waals surface area contributed by atoms with Crippen molar-refractivity contribution in [3.05, 3.63) is 121 Å². The molecule has 40 heavy (non-hydrogen) atoms. The number of aromatic nitrogens is 3. The molecule has 0 saturated heterocycles. The molecule has 0 radical (unpaired) electrons. The second-order valence-corrected chi connectivity index (χ2v) is 9.80. The van der Waals surface area contributed by atoms with Crippen molar-refractivity contribution >= 4 is 45.8 Å². The molecule has 0 unspecified atom stereocenters. The molecule has 204 valence electrons. The minimum atomic E-state index is -0.473. The number of urea groups is 1. The van der Waals surface area contributed by atoms with Gasteiger partial charge in [-0.15, -0.1) is 4.91 Å². The van der Waals surface area contributed by atoms with Crippen LogP contribution in [0.4, 0.5) is 10.5 Å². The number of hydrogen-bond donors (Lipinski definition) is 4. The van der Waals surface area contributed by atoms with E-state index in [0.29, 0.717) is 39.6 Å². The number of carbonyl (C=O) groups excluding carboxylic acids is 1. The Labute approximate surface area is 239 Å². The van der Waals surface area contributed by atoms with Crippen LogP contribution in [0.2, 0.25) is 10.2 Å². The van der Waals surface area contributed by atoms with Crippen LogP contribution < -0.4 is 16.2 Å². The van der Waals surface area contributed by atoms with Crippen LogP contribution in [0.15, 0.2) is 88.8 Å². The summed E-state index contributed by atoms with van der Waals surface area (Å²) >= 11 is 12.3. The molecule has 0 bridgehead atoms. The molecule has 2 amide bonds. The first-order valence-electron chi connectivity index (χ1n) is 12.3. The Bertz CT molecular complexity index is 1700. The summed E-state index contributed by atoms with van der Waals surface area (Å²) in [4.78, 5) is 45.2. The van der Waals surface area contributed by atoms with E-state index in [-0.39, 0.29) is 16.9 Å². The van der Waals surface area contributed by atoms with Gasteiger partial charge in [0.1, 0.15) is 22.4 Å². The molecular formula is C29H26Cl2N6O3. The number of nitrogens with zero attached hydrogens (tertiary/aromatic N) is 2. The van der Waals surface area contributed by atoms with Gasteiger partial charge in [0.2, 0.25) is 0 Å². The van der Waals surface area contributed by atoms with E-state index in [1.165, 1.54) is 5.56 Å². The lowest BCUT2D eigenvalue weighted by Gasteiger charge is -2.12. The smallest absolute Gasteiger partial charge is 0.315 e. The second-order valence-electron chi connectivity index (χ2n) is 8.99. The maximum atomic E-state index is 12.3. The summed E-state index contributed by atoms with van der Waals surface area (Å²) in [6.45, 7) is 4.16. The molecule has 9 nitrogen and oxygen atoms in total. The maximum absolute atomic E-state index is 12.3. The Morgan fingerprint density at radius 3 is 2.45 bits per heavy atom. The largest absolute Gasteiger partial charge is 0.334 e. The van der Waals surface area contributed by atoms with Crippen LogP contribution >= 0.6 is 23.2 Å². The van der Waals surface area contributed by atoms with Crippen LogP contribution in [0.25, 0.3) is 22.2 Å². The van der Waals surface area contributed by atoms with Gasteiger partial charge >= 0.3 is 6.03 Å². The van der Waals surface area contributed by atoms with Crippen LogP contribution in [-0.2, 0) is 6.54 Å². The summed E-state index contributed by atoms with van der Waals surface area (Å²) < 4.78 is 0. The molecule has 3 aromatic carbocycles. The summed E-state index contributed by atoms with van der Waals surface area (Å²) in [5.41, 5.74) is 3.32. The number of pyridine rings is 1. The van der Waals surface area contributed by atoms with Gasteiger partial charge in [0.25, 0.3) is 5.56 Å². The molecule has 11 heteroatoms. The lowest BCUT2D eigenvalue weighted by atomic mass is 10.1. The molecule has 2 heterocycles. The number of aromatic amines is 2. The number of halogens is 2. The van der Waals surface area contributed by atoms with Gasteiger partial charge in [0, 0.05) is 28.6 Å². The summed E-state index contributed by atoms with van der Waals surface area (Å²) in [7, 11) is 0. The van der Waals surface area contributed by atoms with E-state index in [9.17, 15) is 14.5 Å². The van der Waals surface area contributed by atoms with E-state index in [4.69, 9.17) is 23.2 Å². The number of nitrogens with one attached hydrogen (secondary N) is 4. The standard InChI is InChI=1S/C22H18Cl2N6O3.C7H8/c1-11(26-22(32)25-10-12-3-2-4-14(23)7-12)21-28-19(20(24)29-21)13-5-6-16-15(8-13)17(30-33)9-18(31)27-16;1-7-5-3-2-4-6-7/h2-9,11H,10H2,1H3,(H,27,31)(H,28,29)(H2,25,26,32);2-6H,1H3/t11-;/m0./s1. The summed E-state index contributed by atoms with van der Waals surface area (Å²) in [6, 6.07) is 22.8. The molecule has 0 aliphatic rings. The van der Waals surface area contributed by atoms with Gasteiger partial charge in [-0.1, -0.05) is 77.3 Å². The van der Waals surface area contributed by atoms with E-state index in [1.807, 2.05) is 30.3 Å². The fraction of sp³-hybridized carbons (Fsp3) is 0.138. The van der Waals surface area contributed by atoms with Gasteiger partial charge < -0.3 is 20.6 Å². The number of imidazole rings is 1. The summed E-state index contributed by atoms with van der Waals surface area (Å²) in [5, 5.41) is 9.82. The number of benzene rings is 3. The van der Waals surface area contributed by atoms with E-state index in [2.05, 4.69) is 49.8 Å². The molecule has 0 aliphatic heterocycles. The molecule has 0 fully saturated rings. The van der Waals surface area contributed by atoms with Gasteiger partial charge in [-0.25, -0.2) is 9.78 Å². The van der Waals surface area contributed by atoms with Crippen molar-refractivity contribution in [3.8, 4) is 11.3 Å². The molecular weight excluding hydrogens is 551 g/mol. The lowest BCUT2D eigenvalue weighted by Crippen LogP contribution is -2.37. The first-order valence-corrected chi connectivity index (χ1v) is 13.1. The van der Waals surface area contributed by atoms with E-state index in [0.717, 1.165) is 11.6 Å². The minimum absolute atomic E-state index is 0.0221. The number of amides is 2. The third-order valence-corrected chi connectivity index (χ3v) is 6.42. The highest BCUT2D eigenvalue weighted by atomic mass is 35.5. The normalized spacial score (nSPS) is 11.3. The Balaban J connectivity index is 0.000000461. The van der Waals surface area contributed by atoms with Crippen molar-refractivity contribution in [1.29, 1.82) is 0 Å². The SMILES string of the molecule is C[C@H](NC(=O)NCc1cccc(Cl)c1)c1nc(-c2ccc3[nH]c(=O)cc(N=O)c3c2)c(Cl)[nH]1.Cc1ccccc1. The van der Waals surface area contributed by atoms with E-state index < -0.39 is 11.6 Å². The van der Waals surface area contributed by atoms with Crippen LogP contribution in [0.1, 0.15) is 29.9 Å². The van der Waals surface area contributed by atoms with Crippen molar-refractivity contribution in [2.45, 2.75) is 26.4 Å². The van der Waals surface area contributed by atoms with Crippen molar-refractivity contribution in [3.63, 3.8) is 0 Å². The van der Waals surface area contributed by atoms with Crippen LogP contribution in [0.5, 0.6) is 0 Å². The van der Waals surface area contributed by atoms with E-state index >= 15 is 0 Å². The highest BCUT2D eigenvalue weighted by Crippen LogP contribution is 2.32. The van der Waals surface area contributed by atoms with Gasteiger partial charge in [-0.2, -0.15) is 0 Å². The Hall–Kier alpha value is -4.47. The average Bonchev–Trinajstić information content (AvgIpc) is 3.33. The summed E-state index contributed by atoms with van der Waals surface area (Å²) in [5.74, 6) is 0.447. The fourth-order valence-corrected chi connectivity index (χ4v) is 4.36. The highest BCUT2D eigenvalue weighted by Gasteiger charge is 2.18. The Morgan fingerprint density at radius 2 is 1.77 bits per heavy atom. The van der Waals surface area contributed by atoms with Crippen molar-refractivity contribution < 1.29 is 4.79 Å². The minimum Gasteiger partial charge on any atom is -0.334 e. The predicted octanol–water partition coefficient (Wildman–Crippen LogP) is 7.18. The fourth-order valence-electron chi connectivity index (χ4n) is 3.90. The number of hydrogen-bond acceptors (Lipinski definition) is 5. The number of nitroso groups, excluding NO2 is 1. The van der Waals surface area contributed by atoms with Crippen LogP contribution in [0, 0.1) is 11.8 Å². The molecule has 0 saturated carbocycles. The molecule has 1 atom stereocenters. The summed E-state index contributed by atoms with van der Waals surface area (Å²) in [6.07, 6.45) is 0. The first kappa shape index (κ1) is 28.5. The highest BCUT2D eigenvalue weighted by molar-refractivity contribution is 6.32. The van der Waals surface area contributed by atoms with Gasteiger partial charge in [0.05, 0.1) is 11.6 Å². The molecule has 2 aromatic heterocycles. The maximum Gasteiger partial charge on any atom is 0.315 e. The van der Waals surface area contributed by atoms with Gasteiger partial charge in [0.15, 0.2) is 0 Å². The zero-order chi connectivity index (χ0) is 28.6. The average molecular weight is 577 g/mol. The number of carbonyl (C=O) groups is 1. The van der Waals surface area contributed by atoms with Crippen molar-refractivity contribution in [2.24, 2.45) is 5.18 Å². The molecule has 5 rings (SSSR count). The molecule has 0 aliphatic carbocycles. The van der Waals surface area contributed by atoms with Gasteiger partial charge in [-0.3, -0.25) is 4.79 Å². The number of rotatable bonds is 6. The second kappa shape index (κ2) is 13.1. The third kappa shape index (κ3) is 7.34. The molecule has 0 spiro atoms. The van der Waals surface area contributed by atoms with Crippen molar-refractivity contribution in [1.82, 2.24) is 25.6 Å². The van der Waals surface area contributed by atoms with Crippen LogP contribution in [-0.4, -0.2) is 21.0 Å². The third-order valence-electron chi connectivity index (χ3n) is 5.91. The van der Waals surface area contributed by atoms with Gasteiger partial charge in [-0.05, 0) is 48.9 Å². The predicted molar refractivity (Wildman–Crippen MR) is 159 cm³/mol. The van der Waals surface area contributed by atoms with Crippen molar-refractivity contribution in [2.75, 3.05) is 0 Å². The monoisotopic (exact) mass is 576 g/mol. The van der Waals surface area contributed by atoms with Crippen LogP contribution in [0.3, 0.4) is 0 Å². The number of aryl methyl sites for hydroxylation is 1. The Morgan fingerprint density at radius 1 is 1.00 bits per heavy atom. The topological polar surface area (TPSA) is 132 Å². The molecule has 4 N–H and O–H groups in total. The first-order chi connectivity index (χ1) is 19.2. The Kier molecular flexibility index (Phi) is 9.31. The van der Waals surface area contributed by atoms with E-state index in [1.54, 1.807) is 37.3 Å². The number of fused-ring (bicyclic) bond motifs is 1. The molecule has 5 aromatic rings. The quantitative estimate of drug-likeness (QED) is 0.159. The zero-order valence-corrected chi connectivity index (χ0v) is 23.2. The lowest BCUT2D eigenvalue weighted by molar-refractivity contribution is 0.237. The number of H-pyrrole nitrogens is 2.